The number of nitrogens with zero attached hydrogens (tertiary/aromatic N) is 2. The van der Waals surface area contributed by atoms with Crippen LogP contribution >= 0.6 is 0 Å². The number of carbonyl (C=O) groups is 4. The van der Waals surface area contributed by atoms with Gasteiger partial charge in [-0.05, 0) is 54.1 Å². The van der Waals surface area contributed by atoms with Gasteiger partial charge in [-0.3, -0.25) is 19.3 Å². The molecule has 3 aromatic rings. The van der Waals surface area contributed by atoms with Gasteiger partial charge in [0.05, 0.1) is 18.4 Å². The highest BCUT2D eigenvalue weighted by atomic mass is 16.5. The lowest BCUT2D eigenvalue weighted by atomic mass is 9.97. The van der Waals surface area contributed by atoms with E-state index in [-0.39, 0.29) is 37.2 Å². The van der Waals surface area contributed by atoms with Gasteiger partial charge in [0.15, 0.2) is 0 Å². The van der Waals surface area contributed by atoms with Crippen LogP contribution in [0.4, 0.5) is 11.4 Å². The number of benzene rings is 3. The second-order valence-corrected chi connectivity index (χ2v) is 8.88. The topological polar surface area (TPSA) is 105 Å². The minimum atomic E-state index is -1.53. The molecule has 0 radical (unpaired) electrons. The van der Waals surface area contributed by atoms with Gasteiger partial charge in [0, 0.05) is 31.1 Å². The SMILES string of the molecule is COc1ccc(NC(=O)c2ccc(COC(=O)C34CCC(=O)N3c3ccccc3C(=O)N4C)cc2)cc1. The zero-order valence-corrected chi connectivity index (χ0v) is 20.4. The molecule has 1 fully saturated rings. The quantitative estimate of drug-likeness (QED) is 0.520. The highest BCUT2D eigenvalue weighted by Gasteiger charge is 2.60. The molecule has 1 unspecified atom stereocenters. The Morgan fingerprint density at radius 1 is 0.973 bits per heavy atom. The molecule has 9 nitrogen and oxygen atoms in total. The lowest BCUT2D eigenvalue weighted by Gasteiger charge is -2.46. The highest BCUT2D eigenvalue weighted by molar-refractivity contribution is 6.15. The summed E-state index contributed by atoms with van der Waals surface area (Å²) in [7, 11) is 3.09. The predicted octanol–water partition coefficient (Wildman–Crippen LogP) is 3.60. The molecule has 37 heavy (non-hydrogen) atoms. The van der Waals surface area contributed by atoms with Gasteiger partial charge in [-0.15, -0.1) is 0 Å². The van der Waals surface area contributed by atoms with Crippen LogP contribution in [-0.2, 0) is 20.9 Å². The largest absolute Gasteiger partial charge is 0.497 e. The van der Waals surface area contributed by atoms with E-state index in [1.807, 2.05) is 0 Å². The molecule has 1 N–H and O–H groups in total. The smallest absolute Gasteiger partial charge is 0.354 e. The molecule has 2 aliphatic heterocycles. The van der Waals surface area contributed by atoms with Gasteiger partial charge >= 0.3 is 5.97 Å². The number of para-hydroxylation sites is 1. The maximum atomic E-state index is 13.4. The molecular formula is C28H25N3O6. The lowest BCUT2D eigenvalue weighted by molar-refractivity contribution is -0.157. The zero-order valence-electron chi connectivity index (χ0n) is 20.4. The summed E-state index contributed by atoms with van der Waals surface area (Å²) in [6, 6.07) is 20.4. The molecule has 5 rings (SSSR count). The fourth-order valence-corrected chi connectivity index (χ4v) is 4.79. The summed E-state index contributed by atoms with van der Waals surface area (Å²) >= 11 is 0. The lowest BCUT2D eigenvalue weighted by Crippen LogP contribution is -2.67. The third-order valence-electron chi connectivity index (χ3n) is 6.80. The number of ether oxygens (including phenoxy) is 2. The van der Waals surface area contributed by atoms with E-state index < -0.39 is 11.6 Å². The summed E-state index contributed by atoms with van der Waals surface area (Å²) in [6.45, 7) is -0.0767. The van der Waals surface area contributed by atoms with Crippen molar-refractivity contribution in [1.29, 1.82) is 0 Å². The van der Waals surface area contributed by atoms with Crippen LogP contribution in [0.3, 0.4) is 0 Å². The number of hydrogen-bond acceptors (Lipinski definition) is 6. The van der Waals surface area contributed by atoms with Crippen LogP contribution in [0, 0.1) is 0 Å². The van der Waals surface area contributed by atoms with Crippen LogP contribution in [-0.4, -0.2) is 48.4 Å². The number of rotatable bonds is 6. The van der Waals surface area contributed by atoms with Gasteiger partial charge in [-0.1, -0.05) is 24.3 Å². The Morgan fingerprint density at radius 2 is 1.68 bits per heavy atom. The predicted molar refractivity (Wildman–Crippen MR) is 135 cm³/mol. The van der Waals surface area contributed by atoms with E-state index in [2.05, 4.69) is 5.32 Å². The molecule has 2 heterocycles. The van der Waals surface area contributed by atoms with Crippen LogP contribution in [0.15, 0.2) is 72.8 Å². The Kier molecular flexibility index (Phi) is 6.12. The number of fused-ring (bicyclic) bond motifs is 3. The first kappa shape index (κ1) is 24.1. The number of esters is 1. The molecule has 9 heteroatoms. The van der Waals surface area contributed by atoms with Gasteiger partial charge in [-0.25, -0.2) is 4.79 Å². The van der Waals surface area contributed by atoms with Crippen molar-refractivity contribution in [3.63, 3.8) is 0 Å². The van der Waals surface area contributed by atoms with Crippen molar-refractivity contribution < 1.29 is 28.7 Å². The average molecular weight is 500 g/mol. The maximum absolute atomic E-state index is 13.4. The van der Waals surface area contributed by atoms with E-state index in [1.54, 1.807) is 79.9 Å². The molecule has 188 valence electrons. The zero-order chi connectivity index (χ0) is 26.2. The second kappa shape index (κ2) is 9.42. The van der Waals surface area contributed by atoms with Gasteiger partial charge in [0.2, 0.25) is 11.6 Å². The molecule has 1 saturated heterocycles. The fraction of sp³-hybridized carbons (Fsp3) is 0.214. The summed E-state index contributed by atoms with van der Waals surface area (Å²) in [5, 5.41) is 2.81. The number of carbonyl (C=O) groups excluding carboxylic acids is 4. The van der Waals surface area contributed by atoms with Crippen LogP contribution in [0.5, 0.6) is 5.75 Å². The number of anilines is 2. The van der Waals surface area contributed by atoms with Crippen molar-refractivity contribution >= 4 is 35.1 Å². The van der Waals surface area contributed by atoms with E-state index in [1.165, 1.54) is 16.8 Å². The van der Waals surface area contributed by atoms with Gasteiger partial charge in [-0.2, -0.15) is 0 Å². The van der Waals surface area contributed by atoms with E-state index in [9.17, 15) is 19.2 Å². The minimum absolute atomic E-state index is 0.0767. The Bertz CT molecular complexity index is 1390. The summed E-state index contributed by atoms with van der Waals surface area (Å²) in [4.78, 5) is 54.5. The van der Waals surface area contributed by atoms with E-state index >= 15 is 0 Å². The van der Waals surface area contributed by atoms with Crippen LogP contribution in [0.1, 0.15) is 39.1 Å². The van der Waals surface area contributed by atoms with Gasteiger partial charge in [0.1, 0.15) is 12.4 Å². The summed E-state index contributed by atoms with van der Waals surface area (Å²) in [5.74, 6) is -0.852. The number of likely N-dealkylation sites (N-methyl/N-ethyl adjacent to an activating group) is 1. The normalized spacial score (nSPS) is 18.2. The molecule has 0 saturated carbocycles. The molecule has 0 aromatic heterocycles. The monoisotopic (exact) mass is 499 g/mol. The first-order valence-electron chi connectivity index (χ1n) is 11.8. The molecule has 0 aliphatic carbocycles. The molecule has 3 amide bonds. The average Bonchev–Trinajstić information content (AvgIpc) is 3.29. The third kappa shape index (κ3) is 4.08. The molecule has 3 aromatic carbocycles. The Hall–Kier alpha value is -4.66. The first-order chi connectivity index (χ1) is 17.8. The molecule has 2 aliphatic rings. The van der Waals surface area contributed by atoms with Crippen molar-refractivity contribution in [3.05, 3.63) is 89.5 Å². The van der Waals surface area contributed by atoms with Crippen molar-refractivity contribution in [2.24, 2.45) is 0 Å². The molecule has 0 bridgehead atoms. The van der Waals surface area contributed by atoms with Gasteiger partial charge in [0.25, 0.3) is 11.8 Å². The maximum Gasteiger partial charge on any atom is 0.354 e. The van der Waals surface area contributed by atoms with Gasteiger partial charge < -0.3 is 19.7 Å². The van der Waals surface area contributed by atoms with Crippen molar-refractivity contribution in [2.75, 3.05) is 24.4 Å². The summed E-state index contributed by atoms with van der Waals surface area (Å²) < 4.78 is 10.8. The summed E-state index contributed by atoms with van der Waals surface area (Å²) in [5.41, 5.74) is 0.981. The van der Waals surface area contributed by atoms with E-state index in [0.717, 1.165) is 0 Å². The van der Waals surface area contributed by atoms with E-state index in [0.29, 0.717) is 33.8 Å². The second-order valence-electron chi connectivity index (χ2n) is 8.88. The standard InChI is InChI=1S/C28H25N3O6/c1-30-26(34)22-5-3-4-6-23(22)31-24(32)15-16-28(30,31)27(35)37-17-18-7-9-19(10-8-18)25(33)29-20-11-13-21(36-2)14-12-20/h3-14H,15-17H2,1-2H3,(H,29,33). The fourth-order valence-electron chi connectivity index (χ4n) is 4.79. The minimum Gasteiger partial charge on any atom is -0.497 e. The van der Waals surface area contributed by atoms with Crippen molar-refractivity contribution in [3.8, 4) is 5.75 Å². The Labute approximate surface area is 213 Å². The summed E-state index contributed by atoms with van der Waals surface area (Å²) in [6.07, 6.45) is 0.269. The number of hydrogen-bond donors (Lipinski definition) is 1. The van der Waals surface area contributed by atoms with Crippen LogP contribution in [0.2, 0.25) is 0 Å². The van der Waals surface area contributed by atoms with E-state index in [4.69, 9.17) is 9.47 Å². The highest BCUT2D eigenvalue weighted by Crippen LogP contribution is 2.44. The van der Waals surface area contributed by atoms with Crippen molar-refractivity contribution in [2.45, 2.75) is 25.1 Å². The van der Waals surface area contributed by atoms with Crippen LogP contribution in [0.25, 0.3) is 0 Å². The molecule has 0 spiro atoms. The Morgan fingerprint density at radius 3 is 2.38 bits per heavy atom. The third-order valence-corrected chi connectivity index (χ3v) is 6.80. The molecule has 1 atom stereocenters. The number of nitrogens with one attached hydrogen (secondary N) is 1. The molecular weight excluding hydrogens is 474 g/mol. The first-order valence-corrected chi connectivity index (χ1v) is 11.8. The number of amides is 3. The Balaban J connectivity index is 1.28. The van der Waals surface area contributed by atoms with Crippen molar-refractivity contribution in [1.82, 2.24) is 4.90 Å². The number of methoxy groups -OCH3 is 1. The van der Waals surface area contributed by atoms with Crippen LogP contribution < -0.4 is 15.0 Å².